The van der Waals surface area contributed by atoms with Gasteiger partial charge >= 0.3 is 5.97 Å². The molecule has 24 heavy (non-hydrogen) atoms. The number of carbonyl (C=O) groups excluding carboxylic acids is 1. The van der Waals surface area contributed by atoms with E-state index in [0.717, 1.165) is 25.1 Å². The fraction of sp³-hybridized carbons (Fsp3) is 0.278. The second-order valence-electron chi connectivity index (χ2n) is 6.11. The van der Waals surface area contributed by atoms with E-state index in [1.807, 2.05) is 23.1 Å². The normalized spacial score (nSPS) is 25.2. The molecule has 2 heterocycles. The molecule has 0 aromatic heterocycles. The van der Waals surface area contributed by atoms with Gasteiger partial charge in [0.25, 0.3) is 5.91 Å². The average molecular weight is 323 g/mol. The van der Waals surface area contributed by atoms with Gasteiger partial charge in [0.15, 0.2) is 5.84 Å². The van der Waals surface area contributed by atoms with E-state index in [0.29, 0.717) is 5.84 Å². The van der Waals surface area contributed by atoms with Crippen LogP contribution in [0.25, 0.3) is 0 Å². The van der Waals surface area contributed by atoms with Crippen LogP contribution in [0.15, 0.2) is 53.1 Å². The lowest BCUT2D eigenvalue weighted by Gasteiger charge is -2.36. The molecule has 0 spiro atoms. The molecule has 1 amide bonds. The van der Waals surface area contributed by atoms with Crippen molar-refractivity contribution in [3.05, 3.63) is 53.6 Å². The second kappa shape index (κ2) is 5.63. The summed E-state index contributed by atoms with van der Waals surface area (Å²) in [5.41, 5.74) is 2.41. The largest absolute Gasteiger partial charge is 0.478 e. The maximum absolute atomic E-state index is 12.5. The third kappa shape index (κ3) is 2.40. The lowest BCUT2D eigenvalue weighted by atomic mass is 9.96. The Labute approximate surface area is 139 Å². The molecule has 6 heteroatoms. The quantitative estimate of drug-likeness (QED) is 0.816. The van der Waals surface area contributed by atoms with Crippen molar-refractivity contribution in [2.45, 2.75) is 24.9 Å². The Morgan fingerprint density at radius 2 is 2.17 bits per heavy atom. The van der Waals surface area contributed by atoms with Crippen molar-refractivity contribution >= 4 is 23.4 Å². The summed E-state index contributed by atoms with van der Waals surface area (Å²) in [4.78, 5) is 30.2. The van der Waals surface area contributed by atoms with Gasteiger partial charge in [0.1, 0.15) is 0 Å². The molecule has 0 radical (unpaired) electrons. The number of fused-ring (bicyclic) bond motifs is 2. The van der Waals surface area contributed by atoms with Crippen molar-refractivity contribution in [3.8, 4) is 0 Å². The standard InChI is InChI=1S/C18H17N3O3/c22-17-16(21-9-3-5-11-4-1-2-6-15(11)21)19-14-10-12(18(23)24)7-8-13(14)20-17/h1-2,4,6-8,10,13-14H,3,5,9H2,(H,20,22)(H,23,24). The highest BCUT2D eigenvalue weighted by atomic mass is 16.4. The molecule has 0 saturated heterocycles. The number of hydrogen-bond donors (Lipinski definition) is 2. The van der Waals surface area contributed by atoms with Gasteiger partial charge < -0.3 is 15.3 Å². The number of nitrogens with one attached hydrogen (secondary N) is 1. The van der Waals surface area contributed by atoms with Gasteiger partial charge in [-0.15, -0.1) is 0 Å². The Bertz CT molecular complexity index is 809. The van der Waals surface area contributed by atoms with E-state index >= 15 is 0 Å². The molecule has 0 bridgehead atoms. The van der Waals surface area contributed by atoms with Gasteiger partial charge in [0.2, 0.25) is 0 Å². The summed E-state index contributed by atoms with van der Waals surface area (Å²) in [7, 11) is 0. The van der Waals surface area contributed by atoms with E-state index < -0.39 is 5.97 Å². The maximum atomic E-state index is 12.5. The first-order valence-corrected chi connectivity index (χ1v) is 8.01. The van der Waals surface area contributed by atoms with Crippen molar-refractivity contribution in [2.75, 3.05) is 11.4 Å². The number of hydrogen-bond acceptors (Lipinski definition) is 4. The molecule has 122 valence electrons. The van der Waals surface area contributed by atoms with Gasteiger partial charge in [0.05, 0.1) is 17.7 Å². The summed E-state index contributed by atoms with van der Waals surface area (Å²) in [5.74, 6) is -0.842. The van der Waals surface area contributed by atoms with Crippen molar-refractivity contribution in [1.29, 1.82) is 0 Å². The number of anilines is 1. The molecule has 4 rings (SSSR count). The van der Waals surface area contributed by atoms with Crippen molar-refractivity contribution in [2.24, 2.45) is 4.99 Å². The Morgan fingerprint density at radius 1 is 1.33 bits per heavy atom. The smallest absolute Gasteiger partial charge is 0.335 e. The summed E-state index contributed by atoms with van der Waals surface area (Å²) < 4.78 is 0. The minimum Gasteiger partial charge on any atom is -0.478 e. The van der Waals surface area contributed by atoms with Crippen LogP contribution in [0.2, 0.25) is 0 Å². The summed E-state index contributed by atoms with van der Waals surface area (Å²) in [6, 6.07) is 7.34. The number of aliphatic imine (C=N–C) groups is 1. The molecular weight excluding hydrogens is 306 g/mol. The number of carboxylic acids is 1. The number of aliphatic carboxylic acids is 1. The second-order valence-corrected chi connectivity index (χ2v) is 6.11. The monoisotopic (exact) mass is 323 g/mol. The molecule has 1 aromatic carbocycles. The number of carboxylic acid groups (broad SMARTS) is 1. The van der Waals surface area contributed by atoms with Gasteiger partial charge in [-0.3, -0.25) is 9.79 Å². The Balaban J connectivity index is 1.72. The first kappa shape index (κ1) is 14.7. The van der Waals surface area contributed by atoms with Crippen molar-refractivity contribution < 1.29 is 14.7 Å². The Hall–Kier alpha value is -2.89. The zero-order valence-corrected chi connectivity index (χ0v) is 13.0. The number of amidine groups is 1. The van der Waals surface area contributed by atoms with Crippen LogP contribution in [0.4, 0.5) is 5.69 Å². The molecule has 0 fully saturated rings. The van der Waals surface area contributed by atoms with Gasteiger partial charge in [0, 0.05) is 12.2 Å². The third-order valence-electron chi connectivity index (χ3n) is 4.59. The number of para-hydroxylation sites is 1. The van der Waals surface area contributed by atoms with E-state index in [9.17, 15) is 9.59 Å². The molecule has 2 unspecified atom stereocenters. The first-order chi connectivity index (χ1) is 11.6. The third-order valence-corrected chi connectivity index (χ3v) is 4.59. The van der Waals surface area contributed by atoms with Crippen LogP contribution in [0.1, 0.15) is 12.0 Å². The average Bonchev–Trinajstić information content (AvgIpc) is 2.60. The molecule has 0 saturated carbocycles. The molecule has 2 aliphatic heterocycles. The van der Waals surface area contributed by atoms with Crippen LogP contribution in [0.3, 0.4) is 0 Å². The van der Waals surface area contributed by atoms with Crippen LogP contribution in [-0.4, -0.2) is 41.4 Å². The van der Waals surface area contributed by atoms with E-state index in [1.54, 1.807) is 12.2 Å². The topological polar surface area (TPSA) is 82.0 Å². The van der Waals surface area contributed by atoms with Crippen LogP contribution in [-0.2, 0) is 16.0 Å². The molecular formula is C18H17N3O3. The molecule has 6 nitrogen and oxygen atoms in total. The fourth-order valence-corrected chi connectivity index (χ4v) is 3.42. The van der Waals surface area contributed by atoms with Crippen LogP contribution < -0.4 is 10.2 Å². The first-order valence-electron chi connectivity index (χ1n) is 8.01. The number of carbonyl (C=O) groups is 2. The zero-order valence-electron chi connectivity index (χ0n) is 13.0. The number of benzene rings is 1. The summed E-state index contributed by atoms with van der Waals surface area (Å²) in [6.45, 7) is 0.728. The molecule has 2 atom stereocenters. The zero-order chi connectivity index (χ0) is 16.7. The highest BCUT2D eigenvalue weighted by Crippen LogP contribution is 2.28. The lowest BCUT2D eigenvalue weighted by molar-refractivity contribution is -0.132. The molecule has 1 aromatic rings. The van der Waals surface area contributed by atoms with Crippen molar-refractivity contribution in [1.82, 2.24) is 5.32 Å². The Kier molecular flexibility index (Phi) is 3.45. The number of rotatable bonds is 1. The van der Waals surface area contributed by atoms with Crippen molar-refractivity contribution in [3.63, 3.8) is 0 Å². The number of nitrogens with zero attached hydrogens (tertiary/aromatic N) is 2. The van der Waals surface area contributed by atoms with E-state index in [-0.39, 0.29) is 23.6 Å². The Morgan fingerprint density at radius 3 is 3.00 bits per heavy atom. The minimum absolute atomic E-state index is 0.203. The predicted octanol–water partition coefficient (Wildman–Crippen LogP) is 1.29. The van der Waals surface area contributed by atoms with E-state index in [2.05, 4.69) is 16.4 Å². The molecule has 2 N–H and O–H groups in total. The number of aryl methyl sites for hydroxylation is 1. The maximum Gasteiger partial charge on any atom is 0.335 e. The van der Waals surface area contributed by atoms with Gasteiger partial charge in [-0.25, -0.2) is 4.79 Å². The van der Waals surface area contributed by atoms with Crippen LogP contribution in [0.5, 0.6) is 0 Å². The predicted molar refractivity (Wildman–Crippen MR) is 90.1 cm³/mol. The lowest BCUT2D eigenvalue weighted by Crippen LogP contribution is -2.55. The molecule has 3 aliphatic rings. The summed E-state index contributed by atoms with van der Waals surface area (Å²) in [5, 5.41) is 12.1. The molecule has 1 aliphatic carbocycles. The van der Waals surface area contributed by atoms with Crippen LogP contribution in [0, 0.1) is 0 Å². The number of amides is 1. The highest BCUT2D eigenvalue weighted by Gasteiger charge is 2.34. The minimum atomic E-state index is -0.985. The van der Waals surface area contributed by atoms with Gasteiger partial charge in [-0.2, -0.15) is 0 Å². The van der Waals surface area contributed by atoms with Crippen LogP contribution >= 0.6 is 0 Å². The fourth-order valence-electron chi connectivity index (χ4n) is 3.42. The summed E-state index contributed by atoms with van der Waals surface area (Å²) in [6.07, 6.45) is 6.74. The van der Waals surface area contributed by atoms with Gasteiger partial charge in [-0.05, 0) is 36.6 Å². The summed E-state index contributed by atoms with van der Waals surface area (Å²) >= 11 is 0. The van der Waals surface area contributed by atoms with E-state index in [4.69, 9.17) is 5.11 Å². The van der Waals surface area contributed by atoms with E-state index in [1.165, 1.54) is 11.6 Å². The highest BCUT2D eigenvalue weighted by molar-refractivity contribution is 6.43. The van der Waals surface area contributed by atoms with Gasteiger partial charge in [-0.1, -0.05) is 24.3 Å². The SMILES string of the molecule is O=C(O)C1=CC2N=C(N3CCCc4ccccc43)C(=O)NC2C=C1.